The summed E-state index contributed by atoms with van der Waals surface area (Å²) in [5, 5.41) is 0. The molecule has 4 fully saturated rings. The first-order valence-electron chi connectivity index (χ1n) is 13.2. The van der Waals surface area contributed by atoms with Crippen LogP contribution in [0, 0.1) is 44.3 Å². The highest BCUT2D eigenvalue weighted by Crippen LogP contribution is 2.74. The Morgan fingerprint density at radius 1 is 0.700 bits per heavy atom. The van der Waals surface area contributed by atoms with Crippen molar-refractivity contribution >= 4 is 0 Å². The predicted octanol–water partition coefficient (Wildman–Crippen LogP) is 9.12. The zero-order valence-corrected chi connectivity index (χ0v) is 21.4. The third-order valence-corrected chi connectivity index (χ3v) is 12.2. The van der Waals surface area contributed by atoms with E-state index in [0.29, 0.717) is 32.5 Å². The molecule has 0 aliphatic heterocycles. The van der Waals surface area contributed by atoms with Crippen LogP contribution in [0.2, 0.25) is 0 Å². The number of hydrogen-bond donors (Lipinski definition) is 0. The second-order valence-electron chi connectivity index (χ2n) is 14.8. The maximum Gasteiger partial charge on any atom is -0.00164 e. The normalized spacial score (nSPS) is 51.5. The lowest BCUT2D eigenvalue weighted by Gasteiger charge is -2.68. The second-order valence-corrected chi connectivity index (χ2v) is 14.8. The van der Waals surface area contributed by atoms with Gasteiger partial charge in [0.2, 0.25) is 0 Å². The molecule has 0 heteroatoms. The van der Waals surface area contributed by atoms with E-state index in [0.717, 1.165) is 11.8 Å². The molecule has 0 radical (unpaired) electrons. The molecule has 0 aromatic carbocycles. The molecule has 0 bridgehead atoms. The third-order valence-electron chi connectivity index (χ3n) is 12.2. The standard InChI is InChI=1S/C30H48/c1-25(2)16-17-27(5)18-19-29(7)21(22(27)20-25)10-11-24-28(6)14-9-13-26(3,4)23(28)12-15-30(24,29)8/h10-11,22-23H,9,12-20H2,1-8H3/t22-,23?,27-,28+,29-,30-/m1/s1. The van der Waals surface area contributed by atoms with E-state index in [2.05, 4.69) is 67.5 Å². The molecule has 5 aliphatic rings. The Bertz CT molecular complexity index is 808. The lowest BCUT2D eigenvalue weighted by Crippen LogP contribution is -2.59. The van der Waals surface area contributed by atoms with Gasteiger partial charge < -0.3 is 0 Å². The Balaban J connectivity index is 1.63. The molecule has 0 amide bonds. The SMILES string of the molecule is CC1(C)CC[C@]2(C)CC[C@]3(C)C(=CC=C4[C@@]5(C)CCCC(C)(C)C5CC[C@]43C)[C@H]2C1. The maximum atomic E-state index is 2.70. The zero-order valence-electron chi connectivity index (χ0n) is 21.4. The molecular weight excluding hydrogens is 360 g/mol. The van der Waals surface area contributed by atoms with Gasteiger partial charge in [0, 0.05) is 0 Å². The average molecular weight is 409 g/mol. The van der Waals surface area contributed by atoms with Crippen LogP contribution in [-0.4, -0.2) is 0 Å². The summed E-state index contributed by atoms with van der Waals surface area (Å²) in [7, 11) is 0. The van der Waals surface area contributed by atoms with Gasteiger partial charge >= 0.3 is 0 Å². The fourth-order valence-electron chi connectivity index (χ4n) is 9.92. The molecule has 5 aliphatic carbocycles. The van der Waals surface area contributed by atoms with Crippen LogP contribution in [0.5, 0.6) is 0 Å². The molecule has 4 saturated carbocycles. The molecule has 30 heavy (non-hydrogen) atoms. The molecule has 0 nitrogen and oxygen atoms in total. The smallest absolute Gasteiger partial charge is 0.00164 e. The predicted molar refractivity (Wildman–Crippen MR) is 129 cm³/mol. The highest BCUT2D eigenvalue weighted by Gasteiger charge is 2.64. The van der Waals surface area contributed by atoms with Crippen molar-refractivity contribution < 1.29 is 0 Å². The molecule has 1 unspecified atom stereocenters. The van der Waals surface area contributed by atoms with Crippen LogP contribution in [0.25, 0.3) is 0 Å². The second kappa shape index (κ2) is 6.08. The maximum absolute atomic E-state index is 2.70. The Morgan fingerprint density at radius 3 is 2.13 bits per heavy atom. The summed E-state index contributed by atoms with van der Waals surface area (Å²) in [5.41, 5.74) is 6.38. The fourth-order valence-corrected chi connectivity index (χ4v) is 9.92. The number of fused-ring (bicyclic) bond motifs is 7. The van der Waals surface area contributed by atoms with Crippen LogP contribution in [-0.2, 0) is 0 Å². The van der Waals surface area contributed by atoms with E-state index in [1.165, 1.54) is 64.2 Å². The molecular formula is C30H48. The molecule has 5 rings (SSSR count). The highest BCUT2D eigenvalue weighted by molar-refractivity contribution is 5.45. The molecule has 168 valence electrons. The largest absolute Gasteiger partial charge is 0.0622 e. The van der Waals surface area contributed by atoms with Crippen LogP contribution < -0.4 is 0 Å². The summed E-state index contributed by atoms with van der Waals surface area (Å²) in [4.78, 5) is 0. The zero-order chi connectivity index (χ0) is 21.8. The van der Waals surface area contributed by atoms with Gasteiger partial charge in [-0.2, -0.15) is 0 Å². The van der Waals surface area contributed by atoms with Crippen molar-refractivity contribution in [3.05, 3.63) is 23.3 Å². The van der Waals surface area contributed by atoms with E-state index >= 15 is 0 Å². The van der Waals surface area contributed by atoms with Gasteiger partial charge in [0.1, 0.15) is 0 Å². The van der Waals surface area contributed by atoms with Gasteiger partial charge in [0.05, 0.1) is 0 Å². The topological polar surface area (TPSA) is 0 Å². The average Bonchev–Trinajstić information content (AvgIpc) is 2.63. The van der Waals surface area contributed by atoms with Crippen LogP contribution in [0.4, 0.5) is 0 Å². The summed E-state index contributed by atoms with van der Waals surface area (Å²) in [5.74, 6) is 1.65. The van der Waals surface area contributed by atoms with Crippen molar-refractivity contribution in [3.8, 4) is 0 Å². The minimum absolute atomic E-state index is 0.360. The summed E-state index contributed by atoms with van der Waals surface area (Å²) < 4.78 is 0. The van der Waals surface area contributed by atoms with E-state index in [4.69, 9.17) is 0 Å². The minimum atomic E-state index is 0.360. The van der Waals surface area contributed by atoms with Crippen molar-refractivity contribution in [2.45, 2.75) is 120 Å². The molecule has 0 heterocycles. The molecule has 0 aromatic rings. The van der Waals surface area contributed by atoms with Crippen molar-refractivity contribution in [2.24, 2.45) is 44.3 Å². The Labute approximate surface area is 187 Å². The van der Waals surface area contributed by atoms with Crippen molar-refractivity contribution in [1.82, 2.24) is 0 Å². The van der Waals surface area contributed by atoms with E-state index in [-0.39, 0.29) is 0 Å². The first-order chi connectivity index (χ1) is 13.8. The molecule has 0 N–H and O–H groups in total. The third kappa shape index (κ3) is 2.58. The van der Waals surface area contributed by atoms with Crippen LogP contribution >= 0.6 is 0 Å². The molecule has 0 spiro atoms. The van der Waals surface area contributed by atoms with Crippen molar-refractivity contribution in [3.63, 3.8) is 0 Å². The van der Waals surface area contributed by atoms with E-state index in [9.17, 15) is 0 Å². The summed E-state index contributed by atoms with van der Waals surface area (Å²) in [6.07, 6.45) is 19.6. The minimum Gasteiger partial charge on any atom is -0.0622 e. The van der Waals surface area contributed by atoms with Gasteiger partial charge in [-0.15, -0.1) is 0 Å². The fraction of sp³-hybridized carbons (Fsp3) is 0.867. The summed E-state index contributed by atoms with van der Waals surface area (Å²) >= 11 is 0. The summed E-state index contributed by atoms with van der Waals surface area (Å²) in [6, 6.07) is 0. The van der Waals surface area contributed by atoms with E-state index < -0.39 is 0 Å². The Kier molecular flexibility index (Phi) is 4.32. The summed E-state index contributed by atoms with van der Waals surface area (Å²) in [6.45, 7) is 20.9. The number of allylic oxidation sites excluding steroid dienone is 4. The monoisotopic (exact) mass is 408 g/mol. The lowest BCUT2D eigenvalue weighted by atomic mass is 9.36. The Hall–Kier alpha value is -0.520. The van der Waals surface area contributed by atoms with Gasteiger partial charge in [-0.1, -0.05) is 85.1 Å². The highest BCUT2D eigenvalue weighted by atomic mass is 14.7. The molecule has 0 aromatic heterocycles. The van der Waals surface area contributed by atoms with Gasteiger partial charge in [0.25, 0.3) is 0 Å². The lowest BCUT2D eigenvalue weighted by molar-refractivity contribution is -0.0811. The van der Waals surface area contributed by atoms with E-state index in [1.807, 2.05) is 11.1 Å². The molecule has 0 saturated heterocycles. The van der Waals surface area contributed by atoms with Crippen LogP contribution in [0.1, 0.15) is 120 Å². The van der Waals surface area contributed by atoms with Gasteiger partial charge in [-0.3, -0.25) is 0 Å². The quantitative estimate of drug-likeness (QED) is 0.375. The number of rotatable bonds is 0. The van der Waals surface area contributed by atoms with Gasteiger partial charge in [-0.25, -0.2) is 0 Å². The van der Waals surface area contributed by atoms with Crippen molar-refractivity contribution in [2.75, 3.05) is 0 Å². The van der Waals surface area contributed by atoms with Gasteiger partial charge in [-0.05, 0) is 102 Å². The van der Waals surface area contributed by atoms with Crippen molar-refractivity contribution in [1.29, 1.82) is 0 Å². The van der Waals surface area contributed by atoms with Crippen LogP contribution in [0.3, 0.4) is 0 Å². The van der Waals surface area contributed by atoms with E-state index in [1.54, 1.807) is 0 Å². The first kappa shape index (κ1) is 21.3. The number of hydrogen-bond acceptors (Lipinski definition) is 0. The van der Waals surface area contributed by atoms with Crippen LogP contribution in [0.15, 0.2) is 23.3 Å². The molecule has 6 atom stereocenters. The Morgan fingerprint density at radius 2 is 1.40 bits per heavy atom. The van der Waals surface area contributed by atoms with Gasteiger partial charge in [0.15, 0.2) is 0 Å². The first-order valence-corrected chi connectivity index (χ1v) is 13.2.